The zero-order valence-corrected chi connectivity index (χ0v) is 8.99. The van der Waals surface area contributed by atoms with Crippen LogP contribution in [0.15, 0.2) is 0 Å². The number of ketones is 1. The van der Waals surface area contributed by atoms with Gasteiger partial charge in [0, 0.05) is 12.3 Å². The zero-order chi connectivity index (χ0) is 10.8. The summed E-state index contributed by atoms with van der Waals surface area (Å²) in [4.78, 5) is 11.1. The molecule has 0 aliphatic heterocycles. The molecule has 0 heterocycles. The molecule has 14 heavy (non-hydrogen) atoms. The van der Waals surface area contributed by atoms with Crippen molar-refractivity contribution in [2.45, 2.75) is 20.3 Å². The first kappa shape index (κ1) is 13.5. The van der Waals surface area contributed by atoms with Crippen molar-refractivity contribution in [1.82, 2.24) is 0 Å². The lowest BCUT2D eigenvalue weighted by atomic mass is 10.1. The Morgan fingerprint density at radius 1 is 1.14 bits per heavy atom. The third-order valence-corrected chi connectivity index (χ3v) is 1.74. The van der Waals surface area contributed by atoms with E-state index in [1.807, 2.05) is 13.8 Å². The van der Waals surface area contributed by atoms with Gasteiger partial charge in [-0.2, -0.15) is 0 Å². The molecule has 0 saturated heterocycles. The van der Waals surface area contributed by atoms with Crippen molar-refractivity contribution in [1.29, 1.82) is 0 Å². The first-order chi connectivity index (χ1) is 6.68. The molecule has 0 spiro atoms. The molecule has 0 aromatic rings. The Bertz CT molecular complexity index is 145. The van der Waals surface area contributed by atoms with Crippen molar-refractivity contribution < 1.29 is 19.4 Å². The molecule has 0 aromatic heterocycles. The molecule has 4 nitrogen and oxygen atoms in total. The zero-order valence-electron chi connectivity index (χ0n) is 8.99. The second-order valence-corrected chi connectivity index (χ2v) is 3.32. The molecule has 0 aliphatic carbocycles. The van der Waals surface area contributed by atoms with Gasteiger partial charge in [0.2, 0.25) is 0 Å². The Morgan fingerprint density at radius 3 is 2.21 bits per heavy atom. The fraction of sp³-hybridized carbons (Fsp3) is 0.900. The molecular formula is C10H20O4. The normalized spacial score (nSPS) is 10.9. The van der Waals surface area contributed by atoms with E-state index in [-0.39, 0.29) is 18.3 Å². The van der Waals surface area contributed by atoms with Crippen LogP contribution in [0.2, 0.25) is 0 Å². The quantitative estimate of drug-likeness (QED) is 0.560. The van der Waals surface area contributed by atoms with Crippen molar-refractivity contribution in [2.75, 3.05) is 33.0 Å². The number of Topliss-reactive ketones (excluding diaryl/α,β-unsaturated/α-hetero) is 1. The Balaban J connectivity index is 3.10. The minimum absolute atomic E-state index is 0.0336. The summed E-state index contributed by atoms with van der Waals surface area (Å²) < 4.78 is 10.2. The van der Waals surface area contributed by atoms with Crippen molar-refractivity contribution in [3.63, 3.8) is 0 Å². The Hall–Kier alpha value is -0.450. The summed E-state index contributed by atoms with van der Waals surface area (Å²) in [6.07, 6.45) is 0.470. The van der Waals surface area contributed by atoms with Crippen molar-refractivity contribution >= 4 is 5.78 Å². The van der Waals surface area contributed by atoms with E-state index in [1.165, 1.54) is 0 Å². The lowest BCUT2D eigenvalue weighted by Crippen LogP contribution is -2.13. The topological polar surface area (TPSA) is 55.8 Å². The minimum Gasteiger partial charge on any atom is -0.394 e. The highest BCUT2D eigenvalue weighted by atomic mass is 16.5. The summed E-state index contributed by atoms with van der Waals surface area (Å²) in [5.74, 6) is 0.311. The van der Waals surface area contributed by atoms with Crippen LogP contribution >= 0.6 is 0 Å². The van der Waals surface area contributed by atoms with Crippen LogP contribution < -0.4 is 0 Å². The molecule has 0 aromatic carbocycles. The van der Waals surface area contributed by atoms with Crippen molar-refractivity contribution in [2.24, 2.45) is 5.92 Å². The van der Waals surface area contributed by atoms with Crippen LogP contribution in [0.3, 0.4) is 0 Å². The van der Waals surface area contributed by atoms with Gasteiger partial charge < -0.3 is 14.6 Å². The predicted octanol–water partition coefficient (Wildman–Crippen LogP) is 0.627. The van der Waals surface area contributed by atoms with E-state index in [0.717, 1.165) is 0 Å². The third kappa shape index (κ3) is 8.16. The van der Waals surface area contributed by atoms with Gasteiger partial charge in [-0.05, 0) is 0 Å². The van der Waals surface area contributed by atoms with E-state index in [0.29, 0.717) is 32.8 Å². The maximum absolute atomic E-state index is 11.1. The molecule has 0 amide bonds. The monoisotopic (exact) mass is 204 g/mol. The second-order valence-electron chi connectivity index (χ2n) is 3.32. The van der Waals surface area contributed by atoms with Crippen LogP contribution in [0.4, 0.5) is 0 Å². The summed E-state index contributed by atoms with van der Waals surface area (Å²) in [6, 6.07) is 0. The lowest BCUT2D eigenvalue weighted by molar-refractivity contribution is -0.123. The molecule has 0 unspecified atom stereocenters. The van der Waals surface area contributed by atoms with E-state index in [1.54, 1.807) is 0 Å². The molecule has 0 bridgehead atoms. The van der Waals surface area contributed by atoms with Crippen molar-refractivity contribution in [3.8, 4) is 0 Å². The van der Waals surface area contributed by atoms with E-state index < -0.39 is 0 Å². The number of aliphatic hydroxyl groups is 1. The summed E-state index contributed by atoms with van der Waals surface area (Å²) in [5, 5.41) is 8.39. The van der Waals surface area contributed by atoms with Crippen LogP contribution in [0.1, 0.15) is 20.3 Å². The highest BCUT2D eigenvalue weighted by Crippen LogP contribution is 1.98. The molecule has 0 saturated carbocycles. The van der Waals surface area contributed by atoms with Gasteiger partial charge >= 0.3 is 0 Å². The molecule has 0 rings (SSSR count). The molecule has 0 fully saturated rings. The highest BCUT2D eigenvalue weighted by molar-refractivity contribution is 5.80. The van der Waals surface area contributed by atoms with Crippen LogP contribution in [0, 0.1) is 5.92 Å². The van der Waals surface area contributed by atoms with E-state index in [4.69, 9.17) is 14.6 Å². The van der Waals surface area contributed by atoms with Gasteiger partial charge in [-0.1, -0.05) is 13.8 Å². The Labute approximate surface area is 85.2 Å². The highest BCUT2D eigenvalue weighted by Gasteiger charge is 2.05. The average Bonchev–Trinajstić information content (AvgIpc) is 2.16. The summed E-state index contributed by atoms with van der Waals surface area (Å²) in [6.45, 7) is 5.54. The molecule has 0 radical (unpaired) electrons. The summed E-state index contributed by atoms with van der Waals surface area (Å²) >= 11 is 0. The van der Waals surface area contributed by atoms with Crippen LogP contribution in [0.5, 0.6) is 0 Å². The summed E-state index contributed by atoms with van der Waals surface area (Å²) in [7, 11) is 0. The Kier molecular flexibility index (Phi) is 8.83. The van der Waals surface area contributed by atoms with Crippen molar-refractivity contribution in [3.05, 3.63) is 0 Å². The van der Waals surface area contributed by atoms with Crippen LogP contribution in [-0.4, -0.2) is 43.9 Å². The van der Waals surface area contributed by atoms with Gasteiger partial charge in [0.25, 0.3) is 0 Å². The number of rotatable bonds is 9. The molecule has 0 atom stereocenters. The largest absolute Gasteiger partial charge is 0.394 e. The van der Waals surface area contributed by atoms with Crippen LogP contribution in [0.25, 0.3) is 0 Å². The lowest BCUT2D eigenvalue weighted by Gasteiger charge is -2.05. The summed E-state index contributed by atoms with van der Waals surface area (Å²) in [5.41, 5.74) is 0. The van der Waals surface area contributed by atoms with E-state index >= 15 is 0 Å². The average molecular weight is 204 g/mol. The molecule has 1 N–H and O–H groups in total. The number of carbonyl (C=O) groups excluding carboxylic acids is 1. The second kappa shape index (κ2) is 9.12. The smallest absolute Gasteiger partial charge is 0.137 e. The fourth-order valence-electron chi connectivity index (χ4n) is 0.848. The number of aliphatic hydroxyl groups excluding tert-OH is 1. The van der Waals surface area contributed by atoms with Gasteiger partial charge in [-0.15, -0.1) is 0 Å². The third-order valence-electron chi connectivity index (χ3n) is 1.74. The van der Waals surface area contributed by atoms with Gasteiger partial charge in [0.15, 0.2) is 0 Å². The molecule has 0 aliphatic rings. The minimum atomic E-state index is 0.0336. The number of carbonyl (C=O) groups is 1. The van der Waals surface area contributed by atoms with Gasteiger partial charge in [-0.3, -0.25) is 4.79 Å². The SMILES string of the molecule is CC(C)C(=O)CCOCCOCCO. The van der Waals surface area contributed by atoms with Gasteiger partial charge in [0.1, 0.15) is 5.78 Å². The predicted molar refractivity (Wildman–Crippen MR) is 53.2 cm³/mol. The molecule has 4 heteroatoms. The van der Waals surface area contributed by atoms with E-state index in [2.05, 4.69) is 0 Å². The maximum Gasteiger partial charge on any atom is 0.137 e. The van der Waals surface area contributed by atoms with Gasteiger partial charge in [0.05, 0.1) is 33.0 Å². The van der Waals surface area contributed by atoms with Gasteiger partial charge in [-0.25, -0.2) is 0 Å². The van der Waals surface area contributed by atoms with E-state index in [9.17, 15) is 4.79 Å². The fourth-order valence-corrected chi connectivity index (χ4v) is 0.848. The number of hydrogen-bond donors (Lipinski definition) is 1. The molecule has 84 valence electrons. The first-order valence-electron chi connectivity index (χ1n) is 4.97. The number of hydrogen-bond acceptors (Lipinski definition) is 4. The Morgan fingerprint density at radius 2 is 1.71 bits per heavy atom. The first-order valence-corrected chi connectivity index (χ1v) is 4.97. The van der Waals surface area contributed by atoms with Crippen LogP contribution in [-0.2, 0) is 14.3 Å². The standard InChI is InChI=1S/C10H20O4/c1-9(2)10(12)3-5-13-7-8-14-6-4-11/h9,11H,3-8H2,1-2H3. The molecular weight excluding hydrogens is 184 g/mol. The number of ether oxygens (including phenoxy) is 2. The maximum atomic E-state index is 11.1.